The molecule has 2 aliphatic rings. The second-order valence-electron chi connectivity index (χ2n) is 8.87. The fourth-order valence-electron chi connectivity index (χ4n) is 4.34. The van der Waals surface area contributed by atoms with Crippen LogP contribution in [-0.4, -0.2) is 25.4 Å². The van der Waals surface area contributed by atoms with E-state index in [-0.39, 0.29) is 23.8 Å². The fourth-order valence-corrected chi connectivity index (χ4v) is 4.34. The molecule has 0 spiro atoms. The van der Waals surface area contributed by atoms with E-state index in [2.05, 4.69) is 6.58 Å². The first-order valence-corrected chi connectivity index (χ1v) is 11.6. The second kappa shape index (κ2) is 9.76. The van der Waals surface area contributed by atoms with Crippen molar-refractivity contribution in [1.82, 2.24) is 0 Å². The van der Waals surface area contributed by atoms with Gasteiger partial charge in [-0.3, -0.25) is 0 Å². The Hall–Kier alpha value is -3.07. The zero-order valence-electron chi connectivity index (χ0n) is 19.2. The summed E-state index contributed by atoms with van der Waals surface area (Å²) in [7, 11) is 0. The molecular weight excluding hydrogens is 479 g/mol. The maximum Gasteiger partial charge on any atom is 0.386 e. The lowest BCUT2D eigenvalue weighted by atomic mass is 9.97. The quantitative estimate of drug-likeness (QED) is 0.193. The van der Waals surface area contributed by atoms with Crippen molar-refractivity contribution in [3.63, 3.8) is 0 Å². The summed E-state index contributed by atoms with van der Waals surface area (Å²) in [6, 6.07) is 12.6. The van der Waals surface area contributed by atoms with Crippen LogP contribution in [0.3, 0.4) is 0 Å². The Labute approximate surface area is 205 Å². The molecule has 2 saturated heterocycles. The number of benzene rings is 3. The van der Waals surface area contributed by atoms with Gasteiger partial charge in [-0.05, 0) is 41.7 Å². The van der Waals surface area contributed by atoms with Gasteiger partial charge in [-0.25, -0.2) is 13.2 Å². The van der Waals surface area contributed by atoms with Gasteiger partial charge in [-0.15, -0.1) is 6.58 Å². The van der Waals surface area contributed by atoms with E-state index in [1.165, 1.54) is 18.2 Å². The van der Waals surface area contributed by atoms with Crippen molar-refractivity contribution >= 4 is 0 Å². The smallest absolute Gasteiger partial charge is 0.371 e. The van der Waals surface area contributed by atoms with Crippen molar-refractivity contribution in [3.8, 4) is 22.3 Å². The molecule has 2 heterocycles. The topological polar surface area (TPSA) is 31.0 Å². The lowest BCUT2D eigenvalue weighted by molar-refractivity contribution is -0.288. The Bertz CT molecular complexity index is 1260. The number of alkyl halides is 2. The Morgan fingerprint density at radius 3 is 2.14 bits per heavy atom. The van der Waals surface area contributed by atoms with Crippen LogP contribution >= 0.6 is 0 Å². The molecule has 2 aliphatic heterocycles. The molecule has 5 rings (SSSR count). The van der Waals surface area contributed by atoms with E-state index in [1.807, 2.05) is 0 Å². The van der Waals surface area contributed by atoms with E-state index in [0.717, 1.165) is 12.1 Å². The minimum atomic E-state index is -3.83. The number of halogens is 5. The molecule has 36 heavy (non-hydrogen) atoms. The van der Waals surface area contributed by atoms with Crippen LogP contribution in [-0.2, 0) is 20.3 Å². The predicted octanol–water partition coefficient (Wildman–Crippen LogP) is 7.31. The molecule has 0 aromatic heterocycles. The van der Waals surface area contributed by atoms with Crippen LogP contribution < -0.4 is 0 Å². The molecule has 0 N–H and O–H groups in total. The maximum absolute atomic E-state index is 14.7. The zero-order chi connectivity index (χ0) is 25.4. The minimum Gasteiger partial charge on any atom is -0.371 e. The van der Waals surface area contributed by atoms with Gasteiger partial charge < -0.3 is 14.2 Å². The summed E-state index contributed by atoms with van der Waals surface area (Å²) in [6.07, 6.45) is -2.86. The third kappa shape index (κ3) is 4.93. The molecule has 0 bridgehead atoms. The van der Waals surface area contributed by atoms with Crippen molar-refractivity contribution in [1.29, 1.82) is 0 Å². The Balaban J connectivity index is 1.32. The van der Waals surface area contributed by atoms with E-state index in [0.29, 0.717) is 36.1 Å². The van der Waals surface area contributed by atoms with Gasteiger partial charge in [-0.1, -0.05) is 48.5 Å². The number of ether oxygens (including phenoxy) is 3. The summed E-state index contributed by atoms with van der Waals surface area (Å²) in [5.74, 6) is -3.04. The van der Waals surface area contributed by atoms with E-state index in [9.17, 15) is 22.0 Å². The standard InChI is InChI=1S/C28H23F5O3/c1-2-19-8-9-20(14-34-19)36-28(32,33)23-12-7-18(13-24(23)29)16-3-5-17(6-4-16)21-10-11-22(25-15-35-25)27(31)26(21)30/h2-7,10-13,19-20,25H,1,8-9,14-15H2. The molecular formula is C28H23F5O3. The zero-order valence-corrected chi connectivity index (χ0v) is 19.2. The van der Waals surface area contributed by atoms with Gasteiger partial charge in [0, 0.05) is 11.1 Å². The van der Waals surface area contributed by atoms with Crippen molar-refractivity contribution in [2.24, 2.45) is 0 Å². The third-order valence-electron chi connectivity index (χ3n) is 6.45. The predicted molar refractivity (Wildman–Crippen MR) is 124 cm³/mol. The average molecular weight is 502 g/mol. The summed E-state index contributed by atoms with van der Waals surface area (Å²) >= 11 is 0. The van der Waals surface area contributed by atoms with Crippen LogP contribution in [0.25, 0.3) is 22.3 Å². The van der Waals surface area contributed by atoms with Gasteiger partial charge in [0.2, 0.25) is 0 Å². The summed E-state index contributed by atoms with van der Waals surface area (Å²) in [4.78, 5) is 0. The molecule has 3 atom stereocenters. The fraction of sp³-hybridized carbons (Fsp3) is 0.286. The largest absolute Gasteiger partial charge is 0.386 e. The molecule has 0 saturated carbocycles. The molecule has 3 aromatic carbocycles. The van der Waals surface area contributed by atoms with Gasteiger partial charge in [0.05, 0.1) is 31.0 Å². The van der Waals surface area contributed by atoms with Crippen molar-refractivity contribution in [2.75, 3.05) is 13.2 Å². The van der Waals surface area contributed by atoms with Crippen LogP contribution in [0.1, 0.15) is 30.1 Å². The Kier molecular flexibility index (Phi) is 6.68. The molecule has 8 heteroatoms. The first-order valence-electron chi connectivity index (χ1n) is 11.6. The maximum atomic E-state index is 14.7. The molecule has 3 unspecified atom stereocenters. The van der Waals surface area contributed by atoms with E-state index in [1.54, 1.807) is 30.3 Å². The molecule has 3 nitrogen and oxygen atoms in total. The highest BCUT2D eigenvalue weighted by molar-refractivity contribution is 5.71. The minimum absolute atomic E-state index is 0.0279. The van der Waals surface area contributed by atoms with Crippen LogP contribution in [0.15, 0.2) is 67.3 Å². The monoisotopic (exact) mass is 502 g/mol. The first-order chi connectivity index (χ1) is 17.3. The second-order valence-corrected chi connectivity index (χ2v) is 8.87. The summed E-state index contributed by atoms with van der Waals surface area (Å²) in [5.41, 5.74) is 0.679. The lowest BCUT2D eigenvalue weighted by Crippen LogP contribution is -2.35. The van der Waals surface area contributed by atoms with Gasteiger partial charge in [0.1, 0.15) is 11.9 Å². The van der Waals surface area contributed by atoms with Crippen LogP contribution in [0, 0.1) is 17.5 Å². The molecule has 0 radical (unpaired) electrons. The van der Waals surface area contributed by atoms with Gasteiger partial charge in [-0.2, -0.15) is 8.78 Å². The highest BCUT2D eigenvalue weighted by Gasteiger charge is 2.40. The first kappa shape index (κ1) is 24.6. The lowest BCUT2D eigenvalue weighted by Gasteiger charge is -2.30. The summed E-state index contributed by atoms with van der Waals surface area (Å²) in [5, 5.41) is 0. The van der Waals surface area contributed by atoms with E-state index < -0.39 is 41.3 Å². The summed E-state index contributed by atoms with van der Waals surface area (Å²) in [6.45, 7) is 3.95. The normalized spacial score (nSPS) is 21.9. The molecule has 188 valence electrons. The van der Waals surface area contributed by atoms with E-state index >= 15 is 0 Å². The van der Waals surface area contributed by atoms with Crippen LogP contribution in [0.4, 0.5) is 22.0 Å². The van der Waals surface area contributed by atoms with Crippen LogP contribution in [0.5, 0.6) is 0 Å². The van der Waals surface area contributed by atoms with Crippen molar-refractivity contribution < 1.29 is 36.2 Å². The number of rotatable bonds is 7. The number of epoxide rings is 1. The number of hydrogen-bond acceptors (Lipinski definition) is 3. The van der Waals surface area contributed by atoms with E-state index in [4.69, 9.17) is 14.2 Å². The van der Waals surface area contributed by atoms with Crippen LogP contribution in [0.2, 0.25) is 0 Å². The molecule has 0 aliphatic carbocycles. The van der Waals surface area contributed by atoms with Crippen molar-refractivity contribution in [3.05, 3.63) is 95.8 Å². The Morgan fingerprint density at radius 2 is 1.53 bits per heavy atom. The van der Waals surface area contributed by atoms with Crippen molar-refractivity contribution in [2.45, 2.75) is 37.3 Å². The van der Waals surface area contributed by atoms with Gasteiger partial charge in [0.25, 0.3) is 0 Å². The highest BCUT2D eigenvalue weighted by Crippen LogP contribution is 2.38. The van der Waals surface area contributed by atoms with Gasteiger partial charge in [0.15, 0.2) is 11.6 Å². The third-order valence-corrected chi connectivity index (χ3v) is 6.45. The molecule has 2 fully saturated rings. The molecule has 3 aromatic rings. The SMILES string of the molecule is C=CC1CCC(OC(F)(F)c2ccc(-c3ccc(-c4ccc(C5CO5)c(F)c4F)cc3)cc2F)CO1. The Morgan fingerprint density at radius 1 is 0.833 bits per heavy atom. The highest BCUT2D eigenvalue weighted by atomic mass is 19.3. The number of hydrogen-bond donors (Lipinski definition) is 0. The molecule has 0 amide bonds. The average Bonchev–Trinajstić information content (AvgIpc) is 3.71. The van der Waals surface area contributed by atoms with Gasteiger partial charge >= 0.3 is 6.11 Å². The summed E-state index contributed by atoms with van der Waals surface area (Å²) < 4.78 is 88.4.